The van der Waals surface area contributed by atoms with Crippen LogP contribution in [0.4, 0.5) is 0 Å². The molecule has 102 valence electrons. The maximum Gasteiger partial charge on any atom is 0.252 e. The van der Waals surface area contributed by atoms with Gasteiger partial charge in [0.15, 0.2) is 5.96 Å². The van der Waals surface area contributed by atoms with Crippen LogP contribution in [0.25, 0.3) is 0 Å². The summed E-state index contributed by atoms with van der Waals surface area (Å²) >= 11 is 0. The van der Waals surface area contributed by atoms with E-state index in [1.807, 2.05) is 0 Å². The lowest BCUT2D eigenvalue weighted by molar-refractivity contribution is -0.119. The average Bonchev–Trinajstić information content (AvgIpc) is 3.07. The van der Waals surface area contributed by atoms with Crippen LogP contribution in [0.5, 0.6) is 0 Å². The molecule has 1 aromatic rings. The van der Waals surface area contributed by atoms with Crippen LogP contribution in [-0.2, 0) is 10.2 Å². The number of nitrogens with zero attached hydrogens (tertiary/aromatic N) is 1. The second kappa shape index (κ2) is 4.68. The molecule has 0 radical (unpaired) electrons. The van der Waals surface area contributed by atoms with Crippen molar-refractivity contribution in [3.05, 3.63) is 35.4 Å². The molecule has 2 unspecified atom stereocenters. The predicted octanol–water partition coefficient (Wildman–Crippen LogP) is 1.89. The largest absolute Gasteiger partial charge is 0.370 e. The van der Waals surface area contributed by atoms with E-state index in [4.69, 9.17) is 11.5 Å². The molecule has 2 atom stereocenters. The number of benzene rings is 1. The van der Waals surface area contributed by atoms with Crippen molar-refractivity contribution < 1.29 is 4.79 Å². The number of guanidine groups is 1. The van der Waals surface area contributed by atoms with Gasteiger partial charge in [0.25, 0.3) is 5.91 Å². The molecule has 1 saturated carbocycles. The van der Waals surface area contributed by atoms with E-state index >= 15 is 0 Å². The first-order valence-corrected chi connectivity index (χ1v) is 6.53. The van der Waals surface area contributed by atoms with Gasteiger partial charge >= 0.3 is 0 Å². The third kappa shape index (κ3) is 3.13. The third-order valence-corrected chi connectivity index (χ3v) is 3.55. The Balaban J connectivity index is 2.06. The van der Waals surface area contributed by atoms with Crippen molar-refractivity contribution in [2.24, 2.45) is 22.4 Å². The Morgan fingerprint density at radius 1 is 1.21 bits per heavy atom. The second-order valence-corrected chi connectivity index (χ2v) is 6.20. The Bertz CT molecular complexity index is 507. The maximum atomic E-state index is 11.7. The van der Waals surface area contributed by atoms with Crippen molar-refractivity contribution in [1.82, 2.24) is 0 Å². The molecule has 19 heavy (non-hydrogen) atoms. The molecule has 0 bridgehead atoms. The Morgan fingerprint density at radius 2 is 1.79 bits per heavy atom. The zero-order valence-corrected chi connectivity index (χ0v) is 11.7. The summed E-state index contributed by atoms with van der Waals surface area (Å²) in [6, 6.07) is 8.48. The summed E-state index contributed by atoms with van der Waals surface area (Å²) in [5.74, 6) is -0.143. The highest BCUT2D eigenvalue weighted by atomic mass is 16.1. The molecule has 0 saturated heterocycles. The molecule has 1 aromatic carbocycles. The summed E-state index contributed by atoms with van der Waals surface area (Å²) in [7, 11) is 0. The van der Waals surface area contributed by atoms with Crippen LogP contribution < -0.4 is 11.5 Å². The van der Waals surface area contributed by atoms with E-state index in [-0.39, 0.29) is 29.1 Å². The van der Waals surface area contributed by atoms with Crippen molar-refractivity contribution in [1.29, 1.82) is 0 Å². The number of hydrogen-bond acceptors (Lipinski definition) is 1. The van der Waals surface area contributed by atoms with E-state index in [1.165, 1.54) is 11.1 Å². The standard InChI is InChI=1S/C15H21N3O/c1-15(2,3)10-6-4-9(5-7-10)11-8-12(11)13(19)18-14(16)17/h4-7,11-12H,8H2,1-3H3,(H4,16,17,18,19). The summed E-state index contributed by atoms with van der Waals surface area (Å²) in [5, 5.41) is 0. The monoisotopic (exact) mass is 259 g/mol. The van der Waals surface area contributed by atoms with Crippen molar-refractivity contribution >= 4 is 11.9 Å². The molecule has 1 aliphatic carbocycles. The number of nitrogens with two attached hydrogens (primary N) is 2. The fraction of sp³-hybridized carbons (Fsp3) is 0.467. The smallest absolute Gasteiger partial charge is 0.252 e. The summed E-state index contributed by atoms with van der Waals surface area (Å²) < 4.78 is 0. The molecule has 1 fully saturated rings. The summed E-state index contributed by atoms with van der Waals surface area (Å²) in [5.41, 5.74) is 13.1. The first-order chi connectivity index (χ1) is 8.79. The van der Waals surface area contributed by atoms with Crippen LogP contribution in [0.1, 0.15) is 44.2 Å². The topological polar surface area (TPSA) is 81.5 Å². The van der Waals surface area contributed by atoms with Gasteiger partial charge in [0.1, 0.15) is 0 Å². The van der Waals surface area contributed by atoms with Gasteiger partial charge in [0.2, 0.25) is 0 Å². The van der Waals surface area contributed by atoms with Gasteiger partial charge in [0.05, 0.1) is 0 Å². The Kier molecular flexibility index (Phi) is 3.35. The number of amides is 1. The molecule has 4 nitrogen and oxygen atoms in total. The van der Waals surface area contributed by atoms with Crippen LogP contribution in [-0.4, -0.2) is 11.9 Å². The second-order valence-electron chi connectivity index (χ2n) is 6.20. The minimum absolute atomic E-state index is 0.0532. The Hall–Kier alpha value is -1.84. The lowest BCUT2D eigenvalue weighted by Crippen LogP contribution is -2.24. The number of hydrogen-bond donors (Lipinski definition) is 2. The number of rotatable bonds is 2. The van der Waals surface area contributed by atoms with Crippen LogP contribution in [0.15, 0.2) is 29.3 Å². The number of carbonyl (C=O) groups is 1. The van der Waals surface area contributed by atoms with E-state index in [9.17, 15) is 4.79 Å². The van der Waals surface area contributed by atoms with Crippen LogP contribution in [0.3, 0.4) is 0 Å². The average molecular weight is 259 g/mol. The highest BCUT2D eigenvalue weighted by Gasteiger charge is 2.44. The van der Waals surface area contributed by atoms with Gasteiger partial charge in [-0.05, 0) is 28.9 Å². The summed E-state index contributed by atoms with van der Waals surface area (Å²) in [6.07, 6.45) is 0.838. The van der Waals surface area contributed by atoms with E-state index < -0.39 is 0 Å². The molecule has 2 rings (SSSR count). The molecule has 0 aromatic heterocycles. The predicted molar refractivity (Wildman–Crippen MR) is 76.8 cm³/mol. The van der Waals surface area contributed by atoms with Gasteiger partial charge in [-0.1, -0.05) is 45.0 Å². The van der Waals surface area contributed by atoms with Crippen LogP contribution in [0, 0.1) is 5.92 Å². The summed E-state index contributed by atoms with van der Waals surface area (Å²) in [4.78, 5) is 15.3. The van der Waals surface area contributed by atoms with Crippen LogP contribution >= 0.6 is 0 Å². The molecular weight excluding hydrogens is 238 g/mol. The van der Waals surface area contributed by atoms with Crippen LogP contribution in [0.2, 0.25) is 0 Å². The highest BCUT2D eigenvalue weighted by molar-refractivity contribution is 5.94. The Labute approximate surface area is 113 Å². The fourth-order valence-corrected chi connectivity index (χ4v) is 2.28. The quantitative estimate of drug-likeness (QED) is 0.628. The third-order valence-electron chi connectivity index (χ3n) is 3.55. The number of aliphatic imine (C=N–C) groups is 1. The van der Waals surface area contributed by atoms with Gasteiger partial charge in [-0.15, -0.1) is 0 Å². The fourth-order valence-electron chi connectivity index (χ4n) is 2.28. The normalized spacial score (nSPS) is 21.8. The maximum absolute atomic E-state index is 11.7. The molecule has 0 aliphatic heterocycles. The van der Waals surface area contributed by atoms with Gasteiger partial charge in [-0.25, -0.2) is 0 Å². The molecule has 1 aliphatic rings. The first kappa shape index (κ1) is 13.6. The van der Waals surface area contributed by atoms with Gasteiger partial charge in [0, 0.05) is 5.92 Å². The van der Waals surface area contributed by atoms with E-state index in [2.05, 4.69) is 50.0 Å². The van der Waals surface area contributed by atoms with E-state index in [0.717, 1.165) is 6.42 Å². The van der Waals surface area contributed by atoms with Crippen molar-refractivity contribution in [2.75, 3.05) is 0 Å². The molecule has 1 amide bonds. The van der Waals surface area contributed by atoms with Gasteiger partial charge in [-0.3, -0.25) is 4.79 Å². The molecule has 0 heterocycles. The molecular formula is C15H21N3O. The Morgan fingerprint density at radius 3 is 2.26 bits per heavy atom. The van der Waals surface area contributed by atoms with Gasteiger partial charge in [-0.2, -0.15) is 4.99 Å². The number of carbonyl (C=O) groups excluding carboxylic acids is 1. The minimum atomic E-state index is -0.204. The molecule has 0 spiro atoms. The molecule has 4 heteroatoms. The lowest BCUT2D eigenvalue weighted by Gasteiger charge is -2.19. The van der Waals surface area contributed by atoms with Gasteiger partial charge < -0.3 is 11.5 Å². The summed E-state index contributed by atoms with van der Waals surface area (Å²) in [6.45, 7) is 6.55. The first-order valence-electron chi connectivity index (χ1n) is 6.53. The van der Waals surface area contributed by atoms with E-state index in [1.54, 1.807) is 0 Å². The molecule has 4 N–H and O–H groups in total. The lowest BCUT2D eigenvalue weighted by atomic mass is 9.86. The zero-order chi connectivity index (χ0) is 14.2. The van der Waals surface area contributed by atoms with E-state index in [0.29, 0.717) is 0 Å². The highest BCUT2D eigenvalue weighted by Crippen LogP contribution is 2.48. The zero-order valence-electron chi connectivity index (χ0n) is 11.7. The minimum Gasteiger partial charge on any atom is -0.370 e. The van der Waals surface area contributed by atoms with Crippen molar-refractivity contribution in [2.45, 2.75) is 38.5 Å². The SMILES string of the molecule is CC(C)(C)c1ccc(C2CC2C(=O)N=C(N)N)cc1. The van der Waals surface area contributed by atoms with Crippen molar-refractivity contribution in [3.63, 3.8) is 0 Å². The van der Waals surface area contributed by atoms with Crippen molar-refractivity contribution in [3.8, 4) is 0 Å².